The quantitative estimate of drug-likeness (QED) is 0.803. The second-order valence-corrected chi connectivity index (χ2v) is 4.30. The first-order valence-corrected chi connectivity index (χ1v) is 5.79. The molecule has 0 heterocycles. The van der Waals surface area contributed by atoms with E-state index in [4.69, 9.17) is 5.73 Å². The van der Waals surface area contributed by atoms with Crippen molar-refractivity contribution in [3.63, 3.8) is 0 Å². The molecule has 0 bridgehead atoms. The SMILES string of the molecule is CCC(CN)CN(C)Cc1ccccc1F. The predicted molar refractivity (Wildman–Crippen MR) is 65.6 cm³/mol. The summed E-state index contributed by atoms with van der Waals surface area (Å²) in [5, 5.41) is 0. The zero-order chi connectivity index (χ0) is 12.0. The van der Waals surface area contributed by atoms with Gasteiger partial charge in [-0.3, -0.25) is 0 Å². The van der Waals surface area contributed by atoms with Crippen molar-refractivity contribution in [1.29, 1.82) is 0 Å². The maximum Gasteiger partial charge on any atom is 0.127 e. The number of hydrogen-bond donors (Lipinski definition) is 1. The summed E-state index contributed by atoms with van der Waals surface area (Å²) in [6.45, 7) is 4.39. The van der Waals surface area contributed by atoms with Gasteiger partial charge in [0.15, 0.2) is 0 Å². The molecule has 0 amide bonds. The van der Waals surface area contributed by atoms with Crippen LogP contribution < -0.4 is 5.73 Å². The van der Waals surface area contributed by atoms with Gasteiger partial charge >= 0.3 is 0 Å². The van der Waals surface area contributed by atoms with Gasteiger partial charge in [-0.25, -0.2) is 4.39 Å². The van der Waals surface area contributed by atoms with Gasteiger partial charge < -0.3 is 10.6 Å². The maximum absolute atomic E-state index is 13.4. The molecule has 0 spiro atoms. The van der Waals surface area contributed by atoms with Gasteiger partial charge in [0.1, 0.15) is 5.82 Å². The van der Waals surface area contributed by atoms with Crippen LogP contribution in [0.15, 0.2) is 24.3 Å². The van der Waals surface area contributed by atoms with Gasteiger partial charge in [-0.15, -0.1) is 0 Å². The first kappa shape index (κ1) is 13.1. The molecule has 1 aromatic rings. The standard InChI is InChI=1S/C13H21FN2/c1-3-11(8-15)9-16(2)10-12-6-4-5-7-13(12)14/h4-7,11H,3,8-10,15H2,1-2H3. The molecule has 0 fully saturated rings. The molecule has 1 unspecified atom stereocenters. The summed E-state index contributed by atoms with van der Waals surface area (Å²) in [4.78, 5) is 2.12. The Morgan fingerprint density at radius 3 is 2.62 bits per heavy atom. The number of benzene rings is 1. The van der Waals surface area contributed by atoms with E-state index in [0.29, 0.717) is 19.0 Å². The van der Waals surface area contributed by atoms with Crippen molar-refractivity contribution in [2.24, 2.45) is 11.7 Å². The molecule has 90 valence electrons. The smallest absolute Gasteiger partial charge is 0.127 e. The van der Waals surface area contributed by atoms with Gasteiger partial charge in [-0.2, -0.15) is 0 Å². The molecule has 1 aromatic carbocycles. The van der Waals surface area contributed by atoms with Crippen molar-refractivity contribution in [1.82, 2.24) is 4.90 Å². The monoisotopic (exact) mass is 224 g/mol. The largest absolute Gasteiger partial charge is 0.330 e. The van der Waals surface area contributed by atoms with Crippen LogP contribution in [-0.4, -0.2) is 25.0 Å². The number of rotatable bonds is 6. The van der Waals surface area contributed by atoms with Crippen molar-refractivity contribution < 1.29 is 4.39 Å². The third kappa shape index (κ3) is 3.91. The highest BCUT2D eigenvalue weighted by atomic mass is 19.1. The van der Waals surface area contributed by atoms with E-state index in [1.54, 1.807) is 6.07 Å². The molecular weight excluding hydrogens is 203 g/mol. The first-order chi connectivity index (χ1) is 7.67. The first-order valence-electron chi connectivity index (χ1n) is 5.79. The second-order valence-electron chi connectivity index (χ2n) is 4.30. The fraction of sp³-hybridized carbons (Fsp3) is 0.538. The fourth-order valence-corrected chi connectivity index (χ4v) is 1.79. The van der Waals surface area contributed by atoms with E-state index in [1.807, 2.05) is 19.2 Å². The number of nitrogens with two attached hydrogens (primary N) is 1. The Hall–Kier alpha value is -0.930. The molecule has 3 heteroatoms. The third-order valence-corrected chi connectivity index (χ3v) is 2.88. The predicted octanol–water partition coefficient (Wildman–Crippen LogP) is 2.24. The van der Waals surface area contributed by atoms with E-state index in [2.05, 4.69) is 11.8 Å². The molecule has 0 saturated carbocycles. The van der Waals surface area contributed by atoms with Crippen molar-refractivity contribution in [3.05, 3.63) is 35.6 Å². The van der Waals surface area contributed by atoms with Gasteiger partial charge in [0.05, 0.1) is 0 Å². The Bertz CT molecular complexity index is 311. The molecule has 1 atom stereocenters. The van der Waals surface area contributed by atoms with E-state index in [1.165, 1.54) is 6.07 Å². The molecular formula is C13H21FN2. The van der Waals surface area contributed by atoms with Crippen molar-refractivity contribution in [3.8, 4) is 0 Å². The van der Waals surface area contributed by atoms with Crippen LogP contribution in [0.1, 0.15) is 18.9 Å². The van der Waals surface area contributed by atoms with Crippen molar-refractivity contribution >= 4 is 0 Å². The lowest BCUT2D eigenvalue weighted by molar-refractivity contribution is 0.264. The summed E-state index contributed by atoms with van der Waals surface area (Å²) in [6, 6.07) is 6.92. The molecule has 0 saturated heterocycles. The lowest BCUT2D eigenvalue weighted by Gasteiger charge is -2.22. The van der Waals surface area contributed by atoms with E-state index in [-0.39, 0.29) is 5.82 Å². The fourth-order valence-electron chi connectivity index (χ4n) is 1.79. The van der Waals surface area contributed by atoms with Gasteiger partial charge in [-0.05, 0) is 25.6 Å². The number of halogens is 1. The average molecular weight is 224 g/mol. The molecule has 0 aliphatic rings. The zero-order valence-electron chi connectivity index (χ0n) is 10.1. The van der Waals surface area contributed by atoms with Crippen LogP contribution in [0, 0.1) is 11.7 Å². The summed E-state index contributed by atoms with van der Waals surface area (Å²) in [6.07, 6.45) is 1.07. The third-order valence-electron chi connectivity index (χ3n) is 2.88. The van der Waals surface area contributed by atoms with Crippen LogP contribution in [0.25, 0.3) is 0 Å². The molecule has 0 aliphatic carbocycles. The minimum Gasteiger partial charge on any atom is -0.330 e. The molecule has 0 aliphatic heterocycles. The maximum atomic E-state index is 13.4. The van der Waals surface area contributed by atoms with Crippen molar-refractivity contribution in [2.45, 2.75) is 19.9 Å². The van der Waals surface area contributed by atoms with Crippen molar-refractivity contribution in [2.75, 3.05) is 20.1 Å². The minimum atomic E-state index is -0.129. The Balaban J connectivity index is 2.51. The van der Waals surface area contributed by atoms with Crippen LogP contribution in [0.4, 0.5) is 4.39 Å². The minimum absolute atomic E-state index is 0.129. The summed E-state index contributed by atoms with van der Waals surface area (Å²) in [5.74, 6) is 0.368. The molecule has 1 rings (SSSR count). The van der Waals surface area contributed by atoms with Crippen LogP contribution in [-0.2, 0) is 6.54 Å². The Morgan fingerprint density at radius 2 is 2.06 bits per heavy atom. The molecule has 2 nitrogen and oxygen atoms in total. The molecule has 16 heavy (non-hydrogen) atoms. The second kappa shape index (κ2) is 6.61. The highest BCUT2D eigenvalue weighted by molar-refractivity contribution is 5.16. The number of nitrogens with zero attached hydrogens (tertiary/aromatic N) is 1. The summed E-state index contributed by atoms with van der Waals surface area (Å²) in [5.41, 5.74) is 6.40. The lowest BCUT2D eigenvalue weighted by atomic mass is 10.1. The summed E-state index contributed by atoms with van der Waals surface area (Å²) >= 11 is 0. The highest BCUT2D eigenvalue weighted by Gasteiger charge is 2.09. The zero-order valence-corrected chi connectivity index (χ0v) is 10.1. The van der Waals surface area contributed by atoms with Gasteiger partial charge in [0, 0.05) is 18.7 Å². The van der Waals surface area contributed by atoms with Crippen LogP contribution in [0.2, 0.25) is 0 Å². The van der Waals surface area contributed by atoms with Gasteiger partial charge in [-0.1, -0.05) is 31.5 Å². The highest BCUT2D eigenvalue weighted by Crippen LogP contribution is 2.10. The summed E-state index contributed by atoms with van der Waals surface area (Å²) < 4.78 is 13.4. The topological polar surface area (TPSA) is 29.3 Å². The molecule has 0 radical (unpaired) electrons. The Kier molecular flexibility index (Phi) is 5.43. The summed E-state index contributed by atoms with van der Waals surface area (Å²) in [7, 11) is 2.00. The van der Waals surface area contributed by atoms with Crippen LogP contribution in [0.5, 0.6) is 0 Å². The normalized spacial score (nSPS) is 13.1. The van der Waals surface area contributed by atoms with E-state index < -0.39 is 0 Å². The Morgan fingerprint density at radius 1 is 1.38 bits per heavy atom. The van der Waals surface area contributed by atoms with E-state index >= 15 is 0 Å². The van der Waals surface area contributed by atoms with Crippen LogP contribution in [0.3, 0.4) is 0 Å². The van der Waals surface area contributed by atoms with Crippen LogP contribution >= 0.6 is 0 Å². The van der Waals surface area contributed by atoms with E-state index in [0.717, 1.165) is 18.5 Å². The number of hydrogen-bond acceptors (Lipinski definition) is 2. The molecule has 2 N–H and O–H groups in total. The van der Waals surface area contributed by atoms with Gasteiger partial charge in [0.25, 0.3) is 0 Å². The Labute approximate surface area is 97.3 Å². The van der Waals surface area contributed by atoms with Gasteiger partial charge in [0.2, 0.25) is 0 Å². The van der Waals surface area contributed by atoms with E-state index in [9.17, 15) is 4.39 Å². The average Bonchev–Trinajstić information content (AvgIpc) is 2.29. The molecule has 0 aromatic heterocycles. The lowest BCUT2D eigenvalue weighted by Crippen LogP contribution is -2.29.